The van der Waals surface area contributed by atoms with Gasteiger partial charge in [-0.05, 0) is 31.4 Å². The Bertz CT molecular complexity index is 563. The highest BCUT2D eigenvalue weighted by atomic mass is 16.6. The van der Waals surface area contributed by atoms with Gasteiger partial charge in [0.1, 0.15) is 24.7 Å². The molecule has 7 nitrogen and oxygen atoms in total. The van der Waals surface area contributed by atoms with E-state index in [4.69, 9.17) is 23.7 Å². The van der Waals surface area contributed by atoms with E-state index in [1.807, 2.05) is 24.3 Å². The van der Waals surface area contributed by atoms with Crippen LogP contribution in [0.3, 0.4) is 0 Å². The van der Waals surface area contributed by atoms with Crippen molar-refractivity contribution in [2.45, 2.75) is 19.3 Å². The van der Waals surface area contributed by atoms with E-state index >= 15 is 0 Å². The Morgan fingerprint density at radius 3 is 2.00 bits per heavy atom. The van der Waals surface area contributed by atoms with E-state index in [-0.39, 0.29) is 6.61 Å². The third kappa shape index (κ3) is 11.7. The molecule has 0 aliphatic carbocycles. The van der Waals surface area contributed by atoms with E-state index in [1.54, 1.807) is 0 Å². The molecule has 0 heterocycles. The summed E-state index contributed by atoms with van der Waals surface area (Å²) in [6.45, 7) is 8.87. The largest absolute Gasteiger partial charge is 0.493 e. The van der Waals surface area contributed by atoms with Crippen LogP contribution in [0.2, 0.25) is 0 Å². The van der Waals surface area contributed by atoms with Crippen LogP contribution in [0.1, 0.15) is 19.3 Å². The summed E-state index contributed by atoms with van der Waals surface area (Å²) in [7, 11) is 0. The number of esters is 2. The lowest BCUT2D eigenvalue weighted by molar-refractivity contribution is -0.139. The van der Waals surface area contributed by atoms with Crippen LogP contribution in [0.4, 0.5) is 0 Å². The predicted octanol–water partition coefficient (Wildman–Crippen LogP) is 3.09. The van der Waals surface area contributed by atoms with Crippen LogP contribution in [0.15, 0.2) is 49.6 Å². The summed E-state index contributed by atoms with van der Waals surface area (Å²) in [6, 6.07) is 7.38. The summed E-state index contributed by atoms with van der Waals surface area (Å²) in [6.07, 6.45) is 4.82. The van der Waals surface area contributed by atoms with Crippen molar-refractivity contribution in [2.24, 2.45) is 0 Å². The second kappa shape index (κ2) is 15.3. The average Bonchev–Trinajstić information content (AvgIpc) is 2.72. The van der Waals surface area contributed by atoms with Gasteiger partial charge in [-0.1, -0.05) is 19.2 Å². The maximum atomic E-state index is 10.9. The molecular formula is C21H28O7. The lowest BCUT2D eigenvalue weighted by Gasteiger charge is -2.10. The quantitative estimate of drug-likeness (QED) is 0.243. The Labute approximate surface area is 165 Å². The van der Waals surface area contributed by atoms with Crippen LogP contribution in [0.5, 0.6) is 11.5 Å². The standard InChI is InChI=1S/C21H28O7/c1-3-20(22)27-12-7-5-6-11-25-18-9-8-10-19(17-18)26-15-13-24-14-16-28-21(23)4-2/h3-4,8-10,17H,1-2,5-7,11-16H2. The van der Waals surface area contributed by atoms with Crippen molar-refractivity contribution in [1.82, 2.24) is 0 Å². The number of carbonyl (C=O) groups is 2. The molecule has 0 saturated heterocycles. The van der Waals surface area contributed by atoms with Gasteiger partial charge in [0.05, 0.1) is 26.4 Å². The number of hydrogen-bond donors (Lipinski definition) is 0. The molecule has 154 valence electrons. The minimum atomic E-state index is -0.465. The van der Waals surface area contributed by atoms with E-state index in [0.29, 0.717) is 38.8 Å². The number of hydrogen-bond acceptors (Lipinski definition) is 7. The third-order valence-electron chi connectivity index (χ3n) is 3.41. The van der Waals surface area contributed by atoms with Crippen LogP contribution >= 0.6 is 0 Å². The van der Waals surface area contributed by atoms with Crippen molar-refractivity contribution >= 4 is 11.9 Å². The zero-order valence-electron chi connectivity index (χ0n) is 16.1. The summed E-state index contributed by atoms with van der Waals surface area (Å²) >= 11 is 0. The highest BCUT2D eigenvalue weighted by molar-refractivity contribution is 5.81. The molecule has 7 heteroatoms. The van der Waals surface area contributed by atoms with Gasteiger partial charge < -0.3 is 23.7 Å². The van der Waals surface area contributed by atoms with Crippen LogP contribution in [-0.4, -0.2) is 51.6 Å². The average molecular weight is 392 g/mol. The van der Waals surface area contributed by atoms with Gasteiger partial charge in [0.25, 0.3) is 0 Å². The first-order valence-corrected chi connectivity index (χ1v) is 9.17. The molecule has 0 atom stereocenters. The first kappa shape index (κ1) is 23.2. The highest BCUT2D eigenvalue weighted by Crippen LogP contribution is 2.19. The monoisotopic (exact) mass is 392 g/mol. The lowest BCUT2D eigenvalue weighted by atomic mass is 10.2. The third-order valence-corrected chi connectivity index (χ3v) is 3.41. The molecule has 0 unspecified atom stereocenters. The highest BCUT2D eigenvalue weighted by Gasteiger charge is 2.00. The predicted molar refractivity (Wildman–Crippen MR) is 104 cm³/mol. The smallest absolute Gasteiger partial charge is 0.330 e. The van der Waals surface area contributed by atoms with E-state index in [0.717, 1.165) is 37.2 Å². The Balaban J connectivity index is 2.08. The van der Waals surface area contributed by atoms with Crippen molar-refractivity contribution in [3.8, 4) is 11.5 Å². The molecular weight excluding hydrogens is 364 g/mol. The zero-order chi connectivity index (χ0) is 20.5. The van der Waals surface area contributed by atoms with E-state index in [9.17, 15) is 9.59 Å². The van der Waals surface area contributed by atoms with E-state index in [1.165, 1.54) is 0 Å². The molecule has 0 bridgehead atoms. The number of benzene rings is 1. The van der Waals surface area contributed by atoms with Gasteiger partial charge in [0.2, 0.25) is 0 Å². The molecule has 0 amide bonds. The fourth-order valence-electron chi connectivity index (χ4n) is 2.04. The molecule has 1 aromatic carbocycles. The minimum absolute atomic E-state index is 0.185. The Morgan fingerprint density at radius 2 is 1.32 bits per heavy atom. The number of rotatable bonds is 16. The molecule has 0 fully saturated rings. The molecule has 0 saturated carbocycles. The fraction of sp³-hybridized carbons (Fsp3) is 0.429. The fourth-order valence-corrected chi connectivity index (χ4v) is 2.04. The number of unbranched alkanes of at least 4 members (excludes halogenated alkanes) is 2. The minimum Gasteiger partial charge on any atom is -0.493 e. The molecule has 0 aliphatic rings. The molecule has 28 heavy (non-hydrogen) atoms. The molecule has 0 aliphatic heterocycles. The summed E-state index contributed by atoms with van der Waals surface area (Å²) < 4.78 is 26.3. The zero-order valence-corrected chi connectivity index (χ0v) is 16.1. The summed E-state index contributed by atoms with van der Waals surface area (Å²) in [5.74, 6) is 0.561. The number of carbonyl (C=O) groups excluding carboxylic acids is 2. The lowest BCUT2D eigenvalue weighted by Crippen LogP contribution is -2.12. The molecule has 1 aromatic rings. The normalized spacial score (nSPS) is 10.0. The second-order valence-electron chi connectivity index (χ2n) is 5.59. The van der Waals surface area contributed by atoms with Crippen molar-refractivity contribution in [1.29, 1.82) is 0 Å². The van der Waals surface area contributed by atoms with Gasteiger partial charge in [0.15, 0.2) is 0 Å². The Kier molecular flexibility index (Phi) is 12.7. The molecule has 0 N–H and O–H groups in total. The topological polar surface area (TPSA) is 80.3 Å². The second-order valence-corrected chi connectivity index (χ2v) is 5.59. The van der Waals surface area contributed by atoms with E-state index < -0.39 is 11.9 Å². The van der Waals surface area contributed by atoms with Crippen molar-refractivity contribution in [3.63, 3.8) is 0 Å². The SMILES string of the molecule is C=CC(=O)OCCCCCOc1cccc(OCCOCCOC(=O)C=C)c1. The van der Waals surface area contributed by atoms with Gasteiger partial charge >= 0.3 is 11.9 Å². The van der Waals surface area contributed by atoms with Gasteiger partial charge in [-0.3, -0.25) is 0 Å². The maximum absolute atomic E-state index is 10.9. The first-order valence-electron chi connectivity index (χ1n) is 9.17. The first-order chi connectivity index (χ1) is 13.7. The number of ether oxygens (including phenoxy) is 5. The van der Waals surface area contributed by atoms with E-state index in [2.05, 4.69) is 13.2 Å². The Morgan fingerprint density at radius 1 is 0.750 bits per heavy atom. The van der Waals surface area contributed by atoms with Crippen LogP contribution in [-0.2, 0) is 23.8 Å². The summed E-state index contributed by atoms with van der Waals surface area (Å²) in [5, 5.41) is 0. The molecule has 0 spiro atoms. The molecule has 1 rings (SSSR count). The van der Waals surface area contributed by atoms with Gasteiger partial charge in [-0.25, -0.2) is 9.59 Å². The van der Waals surface area contributed by atoms with Crippen LogP contribution in [0.25, 0.3) is 0 Å². The summed E-state index contributed by atoms with van der Waals surface area (Å²) in [5.41, 5.74) is 0. The molecule has 0 radical (unpaired) electrons. The van der Waals surface area contributed by atoms with Crippen molar-refractivity contribution < 1.29 is 33.3 Å². The van der Waals surface area contributed by atoms with Crippen molar-refractivity contribution in [2.75, 3.05) is 39.6 Å². The molecule has 0 aromatic heterocycles. The van der Waals surface area contributed by atoms with Crippen LogP contribution in [0, 0.1) is 0 Å². The van der Waals surface area contributed by atoms with Gasteiger partial charge in [-0.15, -0.1) is 0 Å². The van der Waals surface area contributed by atoms with Crippen LogP contribution < -0.4 is 9.47 Å². The Hall–Kier alpha value is -2.80. The van der Waals surface area contributed by atoms with Crippen molar-refractivity contribution in [3.05, 3.63) is 49.6 Å². The maximum Gasteiger partial charge on any atom is 0.330 e. The van der Waals surface area contributed by atoms with Gasteiger partial charge in [0, 0.05) is 18.2 Å². The summed E-state index contributed by atoms with van der Waals surface area (Å²) in [4.78, 5) is 21.7. The van der Waals surface area contributed by atoms with Gasteiger partial charge in [-0.2, -0.15) is 0 Å².